The minimum Gasteiger partial charge on any atom is -0.451 e. The molecule has 0 saturated carbocycles. The standard InChI is InChI=1S/C25H26FN3O3/c26-20-8-2-3-9-21(20)28-14-12-27(13-15-28)18-6-5-11-29(17-18)25(31)24-16-22(30)19-7-1-4-10-23(19)32-24/h1-4,7-10,16,18H,5-6,11-15,17H2/t18-/m0/s1. The summed E-state index contributed by atoms with van der Waals surface area (Å²) in [6.45, 7) is 4.42. The van der Waals surface area contributed by atoms with Crippen LogP contribution >= 0.6 is 0 Å². The fourth-order valence-electron chi connectivity index (χ4n) is 4.84. The Morgan fingerprint density at radius 1 is 0.969 bits per heavy atom. The molecule has 0 radical (unpaired) electrons. The maximum Gasteiger partial charge on any atom is 0.289 e. The van der Waals surface area contributed by atoms with E-state index in [4.69, 9.17) is 4.42 Å². The average Bonchev–Trinajstić information content (AvgIpc) is 2.84. The first-order valence-electron chi connectivity index (χ1n) is 11.2. The molecule has 166 valence electrons. The topological polar surface area (TPSA) is 57.0 Å². The molecule has 0 aliphatic carbocycles. The lowest BCUT2D eigenvalue weighted by molar-refractivity contribution is 0.0536. The summed E-state index contributed by atoms with van der Waals surface area (Å²) in [5.74, 6) is -0.325. The lowest BCUT2D eigenvalue weighted by Crippen LogP contribution is -2.56. The SMILES string of the molecule is O=C(c1cc(=O)c2ccccc2o1)N1CCC[C@H](N2CCN(c3ccccc3F)CC2)C1. The van der Waals surface area contributed by atoms with Crippen molar-refractivity contribution >= 4 is 22.6 Å². The Kier molecular flexibility index (Phi) is 5.66. The second-order valence-electron chi connectivity index (χ2n) is 8.49. The molecule has 5 rings (SSSR count). The zero-order chi connectivity index (χ0) is 22.1. The van der Waals surface area contributed by atoms with Crippen LogP contribution in [0.3, 0.4) is 0 Å². The second-order valence-corrected chi connectivity index (χ2v) is 8.49. The van der Waals surface area contributed by atoms with E-state index in [9.17, 15) is 14.0 Å². The molecule has 2 saturated heterocycles. The predicted molar refractivity (Wildman–Crippen MR) is 122 cm³/mol. The third-order valence-corrected chi connectivity index (χ3v) is 6.55. The van der Waals surface area contributed by atoms with Crippen molar-refractivity contribution in [3.05, 3.63) is 76.4 Å². The van der Waals surface area contributed by atoms with E-state index in [-0.39, 0.29) is 29.0 Å². The molecular weight excluding hydrogens is 409 g/mol. The summed E-state index contributed by atoms with van der Waals surface area (Å²) in [5.41, 5.74) is 0.883. The van der Waals surface area contributed by atoms with Gasteiger partial charge in [-0.3, -0.25) is 14.5 Å². The van der Waals surface area contributed by atoms with Crippen molar-refractivity contribution in [2.75, 3.05) is 44.2 Å². The van der Waals surface area contributed by atoms with Gasteiger partial charge < -0.3 is 14.2 Å². The fourth-order valence-corrected chi connectivity index (χ4v) is 4.84. The van der Waals surface area contributed by atoms with Gasteiger partial charge in [-0.15, -0.1) is 0 Å². The molecule has 2 fully saturated rings. The smallest absolute Gasteiger partial charge is 0.289 e. The zero-order valence-electron chi connectivity index (χ0n) is 17.9. The van der Waals surface area contributed by atoms with E-state index in [1.807, 2.05) is 12.1 Å². The van der Waals surface area contributed by atoms with Crippen molar-refractivity contribution in [1.29, 1.82) is 0 Å². The Balaban J connectivity index is 1.26. The highest BCUT2D eigenvalue weighted by molar-refractivity contribution is 5.93. The van der Waals surface area contributed by atoms with Gasteiger partial charge >= 0.3 is 0 Å². The van der Waals surface area contributed by atoms with Crippen molar-refractivity contribution in [3.63, 3.8) is 0 Å². The normalized spacial score (nSPS) is 20.0. The third kappa shape index (κ3) is 4.00. The molecule has 3 heterocycles. The van der Waals surface area contributed by atoms with Crippen LogP contribution in [-0.4, -0.2) is 61.0 Å². The lowest BCUT2D eigenvalue weighted by Gasteiger charge is -2.43. The molecule has 1 atom stereocenters. The van der Waals surface area contributed by atoms with E-state index in [2.05, 4.69) is 9.80 Å². The van der Waals surface area contributed by atoms with Crippen LogP contribution in [0.25, 0.3) is 11.0 Å². The van der Waals surface area contributed by atoms with Crippen molar-refractivity contribution in [1.82, 2.24) is 9.80 Å². The Morgan fingerprint density at radius 3 is 2.53 bits per heavy atom. The Hall–Kier alpha value is -3.19. The van der Waals surface area contributed by atoms with E-state index in [0.717, 1.165) is 39.0 Å². The molecule has 7 heteroatoms. The number of piperazine rings is 1. The van der Waals surface area contributed by atoms with Crippen LogP contribution in [0, 0.1) is 5.82 Å². The van der Waals surface area contributed by atoms with Crippen LogP contribution in [0.15, 0.2) is 63.8 Å². The number of para-hydroxylation sites is 2. The number of likely N-dealkylation sites (tertiary alicyclic amines) is 1. The summed E-state index contributed by atoms with van der Waals surface area (Å²) in [6.07, 6.45) is 1.92. The molecule has 1 amide bonds. The first-order chi connectivity index (χ1) is 15.6. The van der Waals surface area contributed by atoms with Crippen LogP contribution < -0.4 is 10.3 Å². The highest BCUT2D eigenvalue weighted by atomic mass is 19.1. The Morgan fingerprint density at radius 2 is 1.72 bits per heavy atom. The predicted octanol–water partition coefficient (Wildman–Crippen LogP) is 3.36. The van der Waals surface area contributed by atoms with Gasteiger partial charge in [0.25, 0.3) is 5.91 Å². The number of piperidine rings is 1. The van der Waals surface area contributed by atoms with E-state index < -0.39 is 0 Å². The number of amides is 1. The van der Waals surface area contributed by atoms with Gasteiger partial charge in [0.1, 0.15) is 11.4 Å². The number of carbonyl (C=O) groups is 1. The van der Waals surface area contributed by atoms with E-state index in [1.165, 1.54) is 12.1 Å². The van der Waals surface area contributed by atoms with Gasteiger partial charge in [-0.25, -0.2) is 4.39 Å². The summed E-state index contributed by atoms with van der Waals surface area (Å²) in [5, 5.41) is 0.480. The molecule has 2 aliphatic heterocycles. The number of halogens is 1. The number of rotatable bonds is 3. The van der Waals surface area contributed by atoms with Gasteiger partial charge in [0, 0.05) is 51.4 Å². The summed E-state index contributed by atoms with van der Waals surface area (Å²) in [4.78, 5) is 31.8. The van der Waals surface area contributed by atoms with Gasteiger partial charge in [0.2, 0.25) is 0 Å². The summed E-state index contributed by atoms with van der Waals surface area (Å²) < 4.78 is 19.9. The monoisotopic (exact) mass is 435 g/mol. The summed E-state index contributed by atoms with van der Waals surface area (Å²) >= 11 is 0. The van der Waals surface area contributed by atoms with Crippen LogP contribution in [0.2, 0.25) is 0 Å². The van der Waals surface area contributed by atoms with E-state index >= 15 is 0 Å². The van der Waals surface area contributed by atoms with Crippen molar-refractivity contribution in [3.8, 4) is 0 Å². The first-order valence-corrected chi connectivity index (χ1v) is 11.2. The minimum absolute atomic E-state index is 0.0960. The second kappa shape index (κ2) is 8.74. The molecule has 0 N–H and O–H groups in total. The number of hydrogen-bond acceptors (Lipinski definition) is 5. The minimum atomic E-state index is -0.234. The summed E-state index contributed by atoms with van der Waals surface area (Å²) in [7, 11) is 0. The number of benzene rings is 2. The number of nitrogens with zero attached hydrogens (tertiary/aromatic N) is 3. The maximum atomic E-state index is 14.1. The quantitative estimate of drug-likeness (QED) is 0.632. The zero-order valence-corrected chi connectivity index (χ0v) is 17.9. The number of fused-ring (bicyclic) bond motifs is 1. The van der Waals surface area contributed by atoms with Crippen molar-refractivity contribution < 1.29 is 13.6 Å². The fraction of sp³-hybridized carbons (Fsp3) is 0.360. The van der Waals surface area contributed by atoms with Gasteiger partial charge in [-0.2, -0.15) is 0 Å². The number of hydrogen-bond donors (Lipinski definition) is 0. The molecule has 6 nitrogen and oxygen atoms in total. The molecule has 32 heavy (non-hydrogen) atoms. The molecule has 2 aromatic carbocycles. The van der Waals surface area contributed by atoms with Gasteiger partial charge in [-0.05, 0) is 37.1 Å². The maximum absolute atomic E-state index is 14.1. The van der Waals surface area contributed by atoms with Crippen molar-refractivity contribution in [2.45, 2.75) is 18.9 Å². The van der Waals surface area contributed by atoms with Crippen LogP contribution in [0.1, 0.15) is 23.4 Å². The van der Waals surface area contributed by atoms with E-state index in [0.29, 0.717) is 29.7 Å². The summed E-state index contributed by atoms with van der Waals surface area (Å²) in [6, 6.07) is 15.4. The van der Waals surface area contributed by atoms with E-state index in [1.54, 1.807) is 35.2 Å². The number of carbonyl (C=O) groups excluding carboxylic acids is 1. The van der Waals surface area contributed by atoms with Gasteiger partial charge in [0.15, 0.2) is 11.2 Å². The van der Waals surface area contributed by atoms with Gasteiger partial charge in [0.05, 0.1) is 11.1 Å². The molecule has 0 bridgehead atoms. The average molecular weight is 435 g/mol. The molecular formula is C25H26FN3O3. The largest absolute Gasteiger partial charge is 0.451 e. The third-order valence-electron chi connectivity index (χ3n) is 6.55. The van der Waals surface area contributed by atoms with Crippen LogP contribution in [0.4, 0.5) is 10.1 Å². The first kappa shape index (κ1) is 20.7. The van der Waals surface area contributed by atoms with Crippen LogP contribution in [0.5, 0.6) is 0 Å². The molecule has 0 spiro atoms. The van der Waals surface area contributed by atoms with Crippen molar-refractivity contribution in [2.24, 2.45) is 0 Å². The highest BCUT2D eigenvalue weighted by Gasteiger charge is 2.31. The highest BCUT2D eigenvalue weighted by Crippen LogP contribution is 2.24. The van der Waals surface area contributed by atoms with Crippen LogP contribution in [-0.2, 0) is 0 Å². The Bertz CT molecular complexity index is 1190. The lowest BCUT2D eigenvalue weighted by atomic mass is 10.0. The molecule has 3 aromatic rings. The molecule has 2 aliphatic rings. The molecule has 0 unspecified atom stereocenters. The van der Waals surface area contributed by atoms with Gasteiger partial charge in [-0.1, -0.05) is 24.3 Å². The molecule has 1 aromatic heterocycles. The number of anilines is 1. The Labute approximate surface area is 185 Å².